The van der Waals surface area contributed by atoms with E-state index >= 15 is 0 Å². The maximum absolute atomic E-state index is 11.0. The fourth-order valence-corrected chi connectivity index (χ4v) is 1.32. The van der Waals surface area contributed by atoms with Gasteiger partial charge in [0.25, 0.3) is 0 Å². The first-order valence-electron chi connectivity index (χ1n) is 3.47. The highest BCUT2D eigenvalue weighted by Crippen LogP contribution is 2.16. The van der Waals surface area contributed by atoms with E-state index in [1.165, 1.54) is 0 Å². The number of para-hydroxylation sites is 1. The van der Waals surface area contributed by atoms with Crippen molar-refractivity contribution in [2.45, 2.75) is 6.92 Å². The number of rotatable bonds is 0. The van der Waals surface area contributed by atoms with Crippen LogP contribution in [0.15, 0.2) is 27.4 Å². The molecule has 0 atom stereocenters. The van der Waals surface area contributed by atoms with Crippen LogP contribution in [0.5, 0.6) is 0 Å². The van der Waals surface area contributed by atoms with Gasteiger partial charge in [0.2, 0.25) is 0 Å². The molecule has 1 heterocycles. The van der Waals surface area contributed by atoms with Crippen molar-refractivity contribution in [2.24, 2.45) is 0 Å². The van der Waals surface area contributed by atoms with Crippen LogP contribution in [0.3, 0.4) is 0 Å². The molecule has 3 nitrogen and oxygen atoms in total. The SMILES string of the molecule is Cc1cccc2c1oc(=O)n2Cl. The predicted octanol–water partition coefficient (Wildman–Crippen LogP) is 1.90. The molecule has 0 amide bonds. The average Bonchev–Trinajstić information content (AvgIpc) is 2.32. The molecule has 0 N–H and O–H groups in total. The first kappa shape index (κ1) is 7.43. The Bertz CT molecular complexity index is 483. The minimum atomic E-state index is -0.541. The number of fused-ring (bicyclic) bond motifs is 1. The van der Waals surface area contributed by atoms with Crippen molar-refractivity contribution < 1.29 is 4.42 Å². The molecule has 0 aliphatic rings. The van der Waals surface area contributed by atoms with Crippen LogP contribution in [0, 0.1) is 6.92 Å². The number of hydrogen-bond acceptors (Lipinski definition) is 2. The monoisotopic (exact) mass is 183 g/mol. The summed E-state index contributed by atoms with van der Waals surface area (Å²) < 4.78 is 5.88. The van der Waals surface area contributed by atoms with E-state index < -0.39 is 5.76 Å². The fraction of sp³-hybridized carbons (Fsp3) is 0.125. The molecule has 2 aromatic rings. The summed E-state index contributed by atoms with van der Waals surface area (Å²) in [6.07, 6.45) is 0. The van der Waals surface area contributed by atoms with Crippen molar-refractivity contribution in [2.75, 3.05) is 0 Å². The highest BCUT2D eigenvalue weighted by Gasteiger charge is 2.07. The van der Waals surface area contributed by atoms with Gasteiger partial charge in [-0.15, -0.1) is 0 Å². The van der Waals surface area contributed by atoms with E-state index in [-0.39, 0.29) is 0 Å². The number of halogens is 1. The molecule has 4 heteroatoms. The molecule has 0 bridgehead atoms. The third-order valence-electron chi connectivity index (χ3n) is 1.75. The average molecular weight is 184 g/mol. The van der Waals surface area contributed by atoms with Crippen molar-refractivity contribution >= 4 is 22.9 Å². The third kappa shape index (κ3) is 0.865. The molecule has 2 rings (SSSR count). The Morgan fingerprint density at radius 3 is 2.92 bits per heavy atom. The van der Waals surface area contributed by atoms with Gasteiger partial charge >= 0.3 is 5.76 Å². The first-order valence-corrected chi connectivity index (χ1v) is 3.81. The van der Waals surface area contributed by atoms with Crippen LogP contribution in [-0.4, -0.2) is 4.09 Å². The largest absolute Gasteiger partial charge is 0.434 e. The lowest BCUT2D eigenvalue weighted by molar-refractivity contribution is 0.547. The number of nitrogens with zero attached hydrogens (tertiary/aromatic N) is 1. The summed E-state index contributed by atoms with van der Waals surface area (Å²) in [6, 6.07) is 5.42. The molecule has 1 aromatic heterocycles. The van der Waals surface area contributed by atoms with E-state index in [2.05, 4.69) is 0 Å². The Morgan fingerprint density at radius 1 is 1.50 bits per heavy atom. The Balaban J connectivity index is 3.05. The molecule has 0 radical (unpaired) electrons. The number of hydrogen-bond donors (Lipinski definition) is 0. The van der Waals surface area contributed by atoms with Gasteiger partial charge in [0, 0.05) is 11.8 Å². The summed E-state index contributed by atoms with van der Waals surface area (Å²) in [6.45, 7) is 1.86. The summed E-state index contributed by atoms with van der Waals surface area (Å²) in [5, 5.41) is 0. The molecule has 0 aliphatic carbocycles. The van der Waals surface area contributed by atoms with Crippen LogP contribution < -0.4 is 5.76 Å². The van der Waals surface area contributed by atoms with Crippen molar-refractivity contribution in [3.63, 3.8) is 0 Å². The minimum absolute atomic E-state index is 0.541. The van der Waals surface area contributed by atoms with Gasteiger partial charge in [-0.25, -0.2) is 4.79 Å². The minimum Gasteiger partial charge on any atom is -0.406 e. The molecule has 0 saturated carbocycles. The molecule has 62 valence electrons. The summed E-state index contributed by atoms with van der Waals surface area (Å²) in [5.41, 5.74) is 2.07. The quantitative estimate of drug-likeness (QED) is 0.626. The van der Waals surface area contributed by atoms with Gasteiger partial charge < -0.3 is 4.42 Å². The fourth-order valence-electron chi connectivity index (χ4n) is 1.15. The molecule has 0 fully saturated rings. The Kier molecular flexibility index (Phi) is 1.48. The molecule has 0 unspecified atom stereocenters. The van der Waals surface area contributed by atoms with Gasteiger partial charge in [-0.1, -0.05) is 12.1 Å². The van der Waals surface area contributed by atoms with E-state index in [0.29, 0.717) is 11.1 Å². The van der Waals surface area contributed by atoms with Crippen LogP contribution in [0.25, 0.3) is 11.1 Å². The summed E-state index contributed by atoms with van der Waals surface area (Å²) in [7, 11) is 0. The normalized spacial score (nSPS) is 10.8. The molecule has 0 aliphatic heterocycles. The summed E-state index contributed by atoms with van der Waals surface area (Å²) in [4.78, 5) is 11.0. The maximum Gasteiger partial charge on any atom is 0.434 e. The van der Waals surface area contributed by atoms with Gasteiger partial charge in [-0.2, -0.15) is 4.09 Å². The van der Waals surface area contributed by atoms with Gasteiger partial charge in [-0.3, -0.25) is 0 Å². The second kappa shape index (κ2) is 2.38. The second-order valence-corrected chi connectivity index (χ2v) is 2.91. The van der Waals surface area contributed by atoms with Gasteiger partial charge in [0.1, 0.15) is 5.52 Å². The van der Waals surface area contributed by atoms with E-state index in [9.17, 15) is 4.79 Å². The Hall–Kier alpha value is -1.22. The standard InChI is InChI=1S/C8H6ClNO2/c1-5-3-2-4-6-7(5)12-8(11)10(6)9/h2-4H,1H3. The molecular weight excluding hydrogens is 178 g/mol. The zero-order valence-corrected chi connectivity index (χ0v) is 7.13. The molecule has 0 saturated heterocycles. The van der Waals surface area contributed by atoms with Gasteiger partial charge in [-0.05, 0) is 18.6 Å². The zero-order chi connectivity index (χ0) is 8.72. The van der Waals surface area contributed by atoms with Crippen molar-refractivity contribution in [1.29, 1.82) is 0 Å². The summed E-state index contributed by atoms with van der Waals surface area (Å²) >= 11 is 5.62. The zero-order valence-electron chi connectivity index (χ0n) is 6.37. The Labute approximate surface area is 73.3 Å². The van der Waals surface area contributed by atoms with Crippen molar-refractivity contribution in [3.05, 3.63) is 34.3 Å². The van der Waals surface area contributed by atoms with Crippen LogP contribution >= 0.6 is 11.8 Å². The van der Waals surface area contributed by atoms with Crippen molar-refractivity contribution in [1.82, 2.24) is 4.09 Å². The second-order valence-electron chi connectivity index (χ2n) is 2.57. The predicted molar refractivity (Wildman–Crippen MR) is 46.5 cm³/mol. The number of oxazole rings is 1. The maximum atomic E-state index is 11.0. The van der Waals surface area contributed by atoms with Gasteiger partial charge in [0.05, 0.1) is 0 Å². The van der Waals surface area contributed by atoms with Crippen molar-refractivity contribution in [3.8, 4) is 0 Å². The summed E-state index contributed by atoms with van der Waals surface area (Å²) in [5.74, 6) is -0.541. The lowest BCUT2D eigenvalue weighted by Crippen LogP contribution is -2.02. The van der Waals surface area contributed by atoms with Gasteiger partial charge in [0.15, 0.2) is 5.58 Å². The van der Waals surface area contributed by atoms with E-state index in [1.54, 1.807) is 6.07 Å². The molecular formula is C8H6ClNO2. The lowest BCUT2D eigenvalue weighted by Gasteiger charge is -1.90. The highest BCUT2D eigenvalue weighted by molar-refractivity contribution is 6.18. The molecule has 0 spiro atoms. The molecule has 1 aromatic carbocycles. The van der Waals surface area contributed by atoms with Crippen LogP contribution in [-0.2, 0) is 0 Å². The number of benzene rings is 1. The number of aryl methyl sites for hydroxylation is 1. The number of aromatic nitrogens is 1. The van der Waals surface area contributed by atoms with E-state index in [1.807, 2.05) is 19.1 Å². The van der Waals surface area contributed by atoms with Crippen LogP contribution in [0.1, 0.15) is 5.56 Å². The Morgan fingerprint density at radius 2 is 2.25 bits per heavy atom. The van der Waals surface area contributed by atoms with E-state index in [0.717, 1.165) is 9.65 Å². The highest BCUT2D eigenvalue weighted by atomic mass is 35.5. The smallest absolute Gasteiger partial charge is 0.406 e. The first-order chi connectivity index (χ1) is 5.70. The van der Waals surface area contributed by atoms with Crippen LogP contribution in [0.4, 0.5) is 0 Å². The lowest BCUT2D eigenvalue weighted by atomic mass is 10.2. The van der Waals surface area contributed by atoms with Crippen LogP contribution in [0.2, 0.25) is 0 Å². The molecule has 12 heavy (non-hydrogen) atoms. The topological polar surface area (TPSA) is 35.1 Å². The van der Waals surface area contributed by atoms with E-state index in [4.69, 9.17) is 16.2 Å². The third-order valence-corrected chi connectivity index (χ3v) is 2.07.